The van der Waals surface area contributed by atoms with Gasteiger partial charge in [-0.2, -0.15) is 0 Å². The Morgan fingerprint density at radius 2 is 1.72 bits per heavy atom. The van der Waals surface area contributed by atoms with Crippen molar-refractivity contribution in [2.75, 3.05) is 41.0 Å². The first-order chi connectivity index (χ1) is 14.2. The van der Waals surface area contributed by atoms with Crippen LogP contribution in [-0.2, 0) is 6.42 Å². The Bertz CT molecular complexity index is 880. The van der Waals surface area contributed by atoms with Gasteiger partial charge in [0, 0.05) is 24.7 Å². The summed E-state index contributed by atoms with van der Waals surface area (Å²) in [4.78, 5) is 2.29. The Kier molecular flexibility index (Phi) is 7.53. The molecule has 0 radical (unpaired) electrons. The van der Waals surface area contributed by atoms with Gasteiger partial charge in [0.25, 0.3) is 5.88 Å². The first kappa shape index (κ1) is 20.7. The number of methoxy groups -OCH3 is 2. The van der Waals surface area contributed by atoms with Crippen LogP contribution in [0.15, 0.2) is 59.1 Å². The molecule has 0 unspecified atom stereocenters. The molecule has 6 heteroatoms. The third kappa shape index (κ3) is 5.99. The van der Waals surface area contributed by atoms with E-state index in [1.54, 1.807) is 14.2 Å². The van der Waals surface area contributed by atoms with Gasteiger partial charge in [0.2, 0.25) is 0 Å². The second kappa shape index (κ2) is 10.5. The van der Waals surface area contributed by atoms with Gasteiger partial charge in [-0.15, -0.1) is 0 Å². The predicted octanol–water partition coefficient (Wildman–Crippen LogP) is 4.30. The highest BCUT2D eigenvalue weighted by Gasteiger charge is 2.08. The summed E-state index contributed by atoms with van der Waals surface area (Å²) in [5.74, 6) is 2.76. The van der Waals surface area contributed by atoms with Crippen LogP contribution in [0.2, 0.25) is 0 Å². The normalized spacial score (nSPS) is 10.9. The molecule has 6 nitrogen and oxygen atoms in total. The second-order valence-electron chi connectivity index (χ2n) is 6.84. The standard InChI is InChI=1S/C23H28N2O4/c1-25(14-12-18-10-11-20(26-2)22(16-18)27-3)13-7-15-28-23-17-21(29-24-23)19-8-5-4-6-9-19/h4-6,8-11,16-17H,7,12-15H2,1-3H3. The maximum atomic E-state index is 5.72. The fraction of sp³-hybridized carbons (Fsp3) is 0.348. The molecule has 0 aliphatic rings. The van der Waals surface area contributed by atoms with Gasteiger partial charge in [-0.25, -0.2) is 0 Å². The van der Waals surface area contributed by atoms with Crippen LogP contribution in [0.3, 0.4) is 0 Å². The number of likely N-dealkylation sites (N-methyl/N-ethyl adjacent to an activating group) is 1. The van der Waals surface area contributed by atoms with Crippen LogP contribution in [0.4, 0.5) is 0 Å². The number of rotatable bonds is 11. The van der Waals surface area contributed by atoms with Gasteiger partial charge in [-0.05, 0) is 42.7 Å². The number of nitrogens with zero attached hydrogens (tertiary/aromatic N) is 2. The van der Waals surface area contributed by atoms with E-state index in [1.807, 2.05) is 48.5 Å². The number of aromatic nitrogens is 1. The van der Waals surface area contributed by atoms with Crippen molar-refractivity contribution in [2.24, 2.45) is 0 Å². The zero-order chi connectivity index (χ0) is 20.5. The minimum atomic E-state index is 0.525. The molecule has 0 fully saturated rings. The lowest BCUT2D eigenvalue weighted by atomic mass is 10.1. The highest BCUT2D eigenvalue weighted by Crippen LogP contribution is 2.27. The van der Waals surface area contributed by atoms with Crippen molar-refractivity contribution in [3.05, 3.63) is 60.2 Å². The van der Waals surface area contributed by atoms with E-state index >= 15 is 0 Å². The molecule has 0 N–H and O–H groups in total. The molecular formula is C23H28N2O4. The van der Waals surface area contributed by atoms with Gasteiger partial charge in [-0.1, -0.05) is 36.4 Å². The van der Waals surface area contributed by atoms with E-state index in [9.17, 15) is 0 Å². The van der Waals surface area contributed by atoms with Crippen molar-refractivity contribution >= 4 is 0 Å². The van der Waals surface area contributed by atoms with Gasteiger partial charge in [0.1, 0.15) is 0 Å². The molecule has 1 aromatic heterocycles. The monoisotopic (exact) mass is 396 g/mol. The lowest BCUT2D eigenvalue weighted by Gasteiger charge is -2.17. The number of hydrogen-bond donors (Lipinski definition) is 0. The molecule has 154 valence electrons. The fourth-order valence-electron chi connectivity index (χ4n) is 3.04. The van der Waals surface area contributed by atoms with Crippen molar-refractivity contribution in [3.8, 4) is 28.7 Å². The lowest BCUT2D eigenvalue weighted by molar-refractivity contribution is 0.246. The van der Waals surface area contributed by atoms with E-state index in [2.05, 4.69) is 23.2 Å². The van der Waals surface area contributed by atoms with Gasteiger partial charge in [-0.3, -0.25) is 0 Å². The summed E-state index contributed by atoms with van der Waals surface area (Å²) in [7, 11) is 5.42. The SMILES string of the molecule is COc1ccc(CCN(C)CCCOc2cc(-c3ccccc3)on2)cc1OC. The topological polar surface area (TPSA) is 57.0 Å². The summed E-state index contributed by atoms with van der Waals surface area (Å²) in [5.41, 5.74) is 2.21. The molecule has 0 aliphatic carbocycles. The Morgan fingerprint density at radius 1 is 0.931 bits per heavy atom. The molecule has 0 bridgehead atoms. The minimum Gasteiger partial charge on any atom is -0.493 e. The largest absolute Gasteiger partial charge is 0.493 e. The first-order valence-electron chi connectivity index (χ1n) is 9.74. The summed E-state index contributed by atoms with van der Waals surface area (Å²) in [6, 6.07) is 17.8. The summed E-state index contributed by atoms with van der Waals surface area (Å²) < 4.78 is 21.7. The number of ether oxygens (including phenoxy) is 3. The molecule has 0 saturated carbocycles. The average Bonchev–Trinajstić information content (AvgIpc) is 3.24. The smallest absolute Gasteiger partial charge is 0.254 e. The Morgan fingerprint density at radius 3 is 2.48 bits per heavy atom. The van der Waals surface area contributed by atoms with Crippen LogP contribution in [0.5, 0.6) is 17.4 Å². The quantitative estimate of drug-likeness (QED) is 0.451. The van der Waals surface area contributed by atoms with Crippen LogP contribution in [0, 0.1) is 0 Å². The van der Waals surface area contributed by atoms with Crippen LogP contribution >= 0.6 is 0 Å². The van der Waals surface area contributed by atoms with Gasteiger partial charge < -0.3 is 23.6 Å². The van der Waals surface area contributed by atoms with Crippen LogP contribution < -0.4 is 14.2 Å². The maximum Gasteiger partial charge on any atom is 0.254 e. The minimum absolute atomic E-state index is 0.525. The van der Waals surface area contributed by atoms with Crippen LogP contribution in [0.1, 0.15) is 12.0 Å². The predicted molar refractivity (Wildman–Crippen MR) is 113 cm³/mol. The molecule has 1 heterocycles. The molecule has 29 heavy (non-hydrogen) atoms. The van der Waals surface area contributed by atoms with E-state index in [1.165, 1.54) is 5.56 Å². The summed E-state index contributed by atoms with van der Waals surface area (Å²) in [6.07, 6.45) is 1.86. The van der Waals surface area contributed by atoms with Crippen LogP contribution in [-0.4, -0.2) is 51.0 Å². The van der Waals surface area contributed by atoms with Gasteiger partial charge in [0.05, 0.1) is 20.8 Å². The highest BCUT2D eigenvalue weighted by atomic mass is 16.5. The van der Waals surface area contributed by atoms with E-state index in [4.69, 9.17) is 18.7 Å². The Labute approximate surface area is 172 Å². The second-order valence-corrected chi connectivity index (χ2v) is 6.84. The summed E-state index contributed by atoms with van der Waals surface area (Å²) in [5, 5.41) is 3.98. The maximum absolute atomic E-state index is 5.72. The van der Waals surface area contributed by atoms with E-state index in [-0.39, 0.29) is 0 Å². The molecule has 0 amide bonds. The molecule has 0 atom stereocenters. The first-order valence-corrected chi connectivity index (χ1v) is 9.74. The summed E-state index contributed by atoms with van der Waals surface area (Å²) in [6.45, 7) is 2.50. The van der Waals surface area contributed by atoms with Gasteiger partial charge in [0.15, 0.2) is 17.3 Å². The molecule has 0 saturated heterocycles. The molecule has 0 aliphatic heterocycles. The van der Waals surface area contributed by atoms with Crippen molar-refractivity contribution in [3.63, 3.8) is 0 Å². The van der Waals surface area contributed by atoms with Crippen molar-refractivity contribution in [1.29, 1.82) is 0 Å². The molecule has 0 spiro atoms. The third-order valence-corrected chi connectivity index (χ3v) is 4.71. The fourth-order valence-corrected chi connectivity index (χ4v) is 3.04. The third-order valence-electron chi connectivity index (χ3n) is 4.71. The average molecular weight is 396 g/mol. The zero-order valence-electron chi connectivity index (χ0n) is 17.3. The van der Waals surface area contributed by atoms with Crippen LogP contribution in [0.25, 0.3) is 11.3 Å². The molecular weight excluding hydrogens is 368 g/mol. The van der Waals surface area contributed by atoms with E-state index in [0.717, 1.165) is 43.0 Å². The zero-order valence-corrected chi connectivity index (χ0v) is 17.3. The Balaban J connectivity index is 1.37. The summed E-state index contributed by atoms with van der Waals surface area (Å²) >= 11 is 0. The van der Waals surface area contributed by atoms with Crippen molar-refractivity contribution in [1.82, 2.24) is 10.1 Å². The van der Waals surface area contributed by atoms with Crippen molar-refractivity contribution in [2.45, 2.75) is 12.8 Å². The molecule has 2 aromatic carbocycles. The van der Waals surface area contributed by atoms with Gasteiger partial charge >= 0.3 is 0 Å². The molecule has 3 rings (SSSR count). The van der Waals surface area contributed by atoms with E-state index in [0.29, 0.717) is 18.2 Å². The number of hydrogen-bond acceptors (Lipinski definition) is 6. The number of benzene rings is 2. The Hall–Kier alpha value is -2.99. The van der Waals surface area contributed by atoms with Crippen molar-refractivity contribution < 1.29 is 18.7 Å². The van der Waals surface area contributed by atoms with E-state index < -0.39 is 0 Å². The lowest BCUT2D eigenvalue weighted by Crippen LogP contribution is -2.23. The molecule has 3 aromatic rings. The highest BCUT2D eigenvalue weighted by molar-refractivity contribution is 5.57.